The van der Waals surface area contributed by atoms with Crippen molar-refractivity contribution >= 4 is 29.9 Å². The summed E-state index contributed by atoms with van der Waals surface area (Å²) in [6, 6.07) is 6.44. The molecule has 0 aliphatic heterocycles. The highest BCUT2D eigenvalue weighted by atomic mass is 127. The van der Waals surface area contributed by atoms with Crippen molar-refractivity contribution in [3.05, 3.63) is 34.9 Å². The molecule has 0 radical (unpaired) electrons. The van der Waals surface area contributed by atoms with Crippen molar-refractivity contribution in [1.29, 1.82) is 0 Å². The maximum absolute atomic E-state index is 5.87. The Hall–Kier alpha value is -0.780. The second-order valence-corrected chi connectivity index (χ2v) is 5.31. The molecular weight excluding hydrogens is 349 g/mol. The van der Waals surface area contributed by atoms with E-state index >= 15 is 0 Å². The Labute approximate surface area is 133 Å². The van der Waals surface area contributed by atoms with Crippen LogP contribution in [0.5, 0.6) is 0 Å². The first-order chi connectivity index (χ1) is 8.65. The third-order valence-electron chi connectivity index (χ3n) is 3.71. The number of hydrogen-bond donors (Lipinski definition) is 2. The van der Waals surface area contributed by atoms with Crippen LogP contribution < -0.4 is 11.1 Å². The Kier molecular flexibility index (Phi) is 6.62. The molecule has 2 rings (SSSR count). The maximum Gasteiger partial charge on any atom is 0.188 e. The number of aryl methyl sites for hydroxylation is 2. The number of halogens is 1. The number of rotatable bonds is 4. The van der Waals surface area contributed by atoms with Crippen LogP contribution in [0.25, 0.3) is 0 Å². The molecule has 0 amide bonds. The molecule has 19 heavy (non-hydrogen) atoms. The minimum atomic E-state index is 0. The zero-order valence-corrected chi connectivity index (χ0v) is 14.1. The van der Waals surface area contributed by atoms with Crippen LogP contribution in [0.3, 0.4) is 0 Å². The third kappa shape index (κ3) is 5.01. The molecule has 3 N–H and O–H groups in total. The standard InChI is InChI=1S/C15H23N3.HI/c1-11-6-7-14(12(2)8-11)10-18-15(16)17-9-13-4-3-5-13;/h6-8,13H,3-5,9-10H2,1-2H3,(H3,16,17,18);1H. The molecule has 3 nitrogen and oxygen atoms in total. The number of guanidine groups is 1. The van der Waals surface area contributed by atoms with E-state index in [0.717, 1.165) is 12.5 Å². The summed E-state index contributed by atoms with van der Waals surface area (Å²) in [7, 11) is 0. The van der Waals surface area contributed by atoms with Gasteiger partial charge in [-0.2, -0.15) is 0 Å². The van der Waals surface area contributed by atoms with Gasteiger partial charge in [0.15, 0.2) is 5.96 Å². The van der Waals surface area contributed by atoms with Crippen LogP contribution in [0.15, 0.2) is 23.2 Å². The molecule has 1 aliphatic rings. The summed E-state index contributed by atoms with van der Waals surface area (Å²) in [6.07, 6.45) is 4.03. The van der Waals surface area contributed by atoms with Gasteiger partial charge in [0, 0.05) is 6.54 Å². The monoisotopic (exact) mass is 373 g/mol. The molecule has 1 fully saturated rings. The van der Waals surface area contributed by atoms with Crippen molar-refractivity contribution < 1.29 is 0 Å². The molecule has 0 spiro atoms. The first-order valence-corrected chi connectivity index (χ1v) is 6.75. The van der Waals surface area contributed by atoms with Crippen molar-refractivity contribution in [3.8, 4) is 0 Å². The molecule has 0 saturated heterocycles. The second kappa shape index (κ2) is 7.72. The number of nitrogens with zero attached hydrogens (tertiary/aromatic N) is 1. The van der Waals surface area contributed by atoms with E-state index in [1.807, 2.05) is 0 Å². The summed E-state index contributed by atoms with van der Waals surface area (Å²) < 4.78 is 0. The van der Waals surface area contributed by atoms with Gasteiger partial charge in [-0.25, -0.2) is 4.99 Å². The Balaban J connectivity index is 0.00000180. The quantitative estimate of drug-likeness (QED) is 0.484. The number of aliphatic imine (C=N–C) groups is 1. The molecule has 0 bridgehead atoms. The summed E-state index contributed by atoms with van der Waals surface area (Å²) in [5.41, 5.74) is 9.68. The number of nitrogens with two attached hydrogens (primary N) is 1. The van der Waals surface area contributed by atoms with Crippen LogP contribution in [0, 0.1) is 19.8 Å². The Morgan fingerprint density at radius 3 is 2.68 bits per heavy atom. The zero-order valence-electron chi connectivity index (χ0n) is 11.8. The average Bonchev–Trinajstić information content (AvgIpc) is 2.25. The SMILES string of the molecule is Cc1ccc(CN=C(N)NCC2CCC2)c(C)c1.I. The lowest BCUT2D eigenvalue weighted by atomic mass is 9.85. The average molecular weight is 373 g/mol. The minimum Gasteiger partial charge on any atom is -0.370 e. The van der Waals surface area contributed by atoms with E-state index in [1.165, 1.54) is 36.0 Å². The van der Waals surface area contributed by atoms with Gasteiger partial charge in [0.1, 0.15) is 0 Å². The number of benzene rings is 1. The van der Waals surface area contributed by atoms with E-state index in [1.54, 1.807) is 0 Å². The first-order valence-electron chi connectivity index (χ1n) is 6.75. The van der Waals surface area contributed by atoms with Crippen LogP contribution in [-0.2, 0) is 6.54 Å². The minimum absolute atomic E-state index is 0. The molecule has 1 aromatic rings. The zero-order chi connectivity index (χ0) is 13.0. The van der Waals surface area contributed by atoms with Crippen molar-refractivity contribution in [2.45, 2.75) is 39.7 Å². The van der Waals surface area contributed by atoms with Gasteiger partial charge in [0.05, 0.1) is 6.54 Å². The van der Waals surface area contributed by atoms with Gasteiger partial charge in [-0.1, -0.05) is 30.2 Å². The number of hydrogen-bond acceptors (Lipinski definition) is 1. The molecule has 4 heteroatoms. The van der Waals surface area contributed by atoms with Crippen LogP contribution in [0.4, 0.5) is 0 Å². The lowest BCUT2D eigenvalue weighted by Crippen LogP contribution is -2.37. The maximum atomic E-state index is 5.87. The summed E-state index contributed by atoms with van der Waals surface area (Å²) in [4.78, 5) is 4.40. The van der Waals surface area contributed by atoms with Gasteiger partial charge in [-0.3, -0.25) is 0 Å². The topological polar surface area (TPSA) is 50.4 Å². The molecule has 0 aromatic heterocycles. The van der Waals surface area contributed by atoms with Crippen LogP contribution >= 0.6 is 24.0 Å². The molecule has 0 atom stereocenters. The van der Waals surface area contributed by atoms with Gasteiger partial charge >= 0.3 is 0 Å². The predicted molar refractivity (Wildman–Crippen MR) is 92.0 cm³/mol. The van der Waals surface area contributed by atoms with Gasteiger partial charge in [0.2, 0.25) is 0 Å². The van der Waals surface area contributed by atoms with E-state index in [4.69, 9.17) is 5.73 Å². The lowest BCUT2D eigenvalue weighted by Gasteiger charge is -2.25. The molecule has 106 valence electrons. The fourth-order valence-electron chi connectivity index (χ4n) is 2.20. The normalized spacial score (nSPS) is 15.6. The lowest BCUT2D eigenvalue weighted by molar-refractivity contribution is 0.315. The van der Waals surface area contributed by atoms with Crippen molar-refractivity contribution in [2.75, 3.05) is 6.54 Å². The summed E-state index contributed by atoms with van der Waals surface area (Å²) in [5.74, 6) is 1.38. The van der Waals surface area contributed by atoms with E-state index in [2.05, 4.69) is 42.4 Å². The summed E-state index contributed by atoms with van der Waals surface area (Å²) in [5, 5.41) is 3.21. The smallest absolute Gasteiger partial charge is 0.188 e. The van der Waals surface area contributed by atoms with E-state index in [-0.39, 0.29) is 24.0 Å². The fraction of sp³-hybridized carbons (Fsp3) is 0.533. The molecular formula is C15H24IN3. The highest BCUT2D eigenvalue weighted by molar-refractivity contribution is 14.0. The highest BCUT2D eigenvalue weighted by Crippen LogP contribution is 2.24. The largest absolute Gasteiger partial charge is 0.370 e. The van der Waals surface area contributed by atoms with E-state index in [0.29, 0.717) is 12.5 Å². The summed E-state index contributed by atoms with van der Waals surface area (Å²) in [6.45, 7) is 5.86. The predicted octanol–water partition coefficient (Wildman–Crippen LogP) is 3.13. The van der Waals surface area contributed by atoms with Crippen molar-refractivity contribution in [2.24, 2.45) is 16.6 Å². The first kappa shape index (κ1) is 16.3. The van der Waals surface area contributed by atoms with Gasteiger partial charge in [-0.15, -0.1) is 24.0 Å². The molecule has 0 heterocycles. The van der Waals surface area contributed by atoms with Crippen molar-refractivity contribution in [1.82, 2.24) is 5.32 Å². The fourth-order valence-corrected chi connectivity index (χ4v) is 2.20. The van der Waals surface area contributed by atoms with Gasteiger partial charge in [0.25, 0.3) is 0 Å². The van der Waals surface area contributed by atoms with Crippen molar-refractivity contribution in [3.63, 3.8) is 0 Å². The van der Waals surface area contributed by atoms with Gasteiger partial charge < -0.3 is 11.1 Å². The Morgan fingerprint density at radius 1 is 1.37 bits per heavy atom. The Morgan fingerprint density at radius 2 is 2.11 bits per heavy atom. The van der Waals surface area contributed by atoms with E-state index < -0.39 is 0 Å². The molecule has 1 saturated carbocycles. The Bertz CT molecular complexity index is 439. The third-order valence-corrected chi connectivity index (χ3v) is 3.71. The summed E-state index contributed by atoms with van der Waals surface area (Å²) >= 11 is 0. The van der Waals surface area contributed by atoms with Crippen LogP contribution in [0.2, 0.25) is 0 Å². The highest BCUT2D eigenvalue weighted by Gasteiger charge is 2.16. The van der Waals surface area contributed by atoms with Gasteiger partial charge in [-0.05, 0) is 43.7 Å². The van der Waals surface area contributed by atoms with E-state index in [9.17, 15) is 0 Å². The number of nitrogens with one attached hydrogen (secondary N) is 1. The molecule has 0 unspecified atom stereocenters. The molecule has 1 aromatic carbocycles. The van der Waals surface area contributed by atoms with Crippen LogP contribution in [0.1, 0.15) is 36.0 Å². The molecule has 1 aliphatic carbocycles. The van der Waals surface area contributed by atoms with Crippen LogP contribution in [-0.4, -0.2) is 12.5 Å². The second-order valence-electron chi connectivity index (χ2n) is 5.31.